The van der Waals surface area contributed by atoms with Gasteiger partial charge in [0, 0.05) is 19.0 Å². The van der Waals surface area contributed by atoms with E-state index in [1.54, 1.807) is 4.90 Å². The number of likely N-dealkylation sites (tertiary alicyclic amines) is 1. The fourth-order valence-corrected chi connectivity index (χ4v) is 3.26. The number of urea groups is 1. The van der Waals surface area contributed by atoms with Crippen LogP contribution in [-0.4, -0.2) is 46.3 Å². The van der Waals surface area contributed by atoms with Crippen molar-refractivity contribution in [1.82, 2.24) is 10.2 Å². The van der Waals surface area contributed by atoms with Crippen LogP contribution >= 0.6 is 0 Å². The van der Waals surface area contributed by atoms with Gasteiger partial charge in [-0.15, -0.1) is 0 Å². The van der Waals surface area contributed by atoms with Gasteiger partial charge in [0.1, 0.15) is 5.76 Å². The van der Waals surface area contributed by atoms with Crippen LogP contribution in [-0.2, 0) is 6.54 Å². The summed E-state index contributed by atoms with van der Waals surface area (Å²) in [5, 5.41) is 21.3. The van der Waals surface area contributed by atoms with Gasteiger partial charge in [-0.2, -0.15) is 0 Å². The zero-order valence-corrected chi connectivity index (χ0v) is 11.5. The number of carboxylic acid groups (broad SMARTS) is 1. The summed E-state index contributed by atoms with van der Waals surface area (Å²) in [5.41, 5.74) is 0. The van der Waals surface area contributed by atoms with Crippen molar-refractivity contribution in [3.05, 3.63) is 23.7 Å². The van der Waals surface area contributed by atoms with E-state index in [2.05, 4.69) is 5.32 Å². The van der Waals surface area contributed by atoms with Gasteiger partial charge >= 0.3 is 12.0 Å². The summed E-state index contributed by atoms with van der Waals surface area (Å²) < 4.78 is 5.08. The molecule has 0 aromatic carbocycles. The third-order valence-corrected chi connectivity index (χ3v) is 4.39. The Balaban J connectivity index is 1.51. The van der Waals surface area contributed by atoms with Crippen LogP contribution in [0.4, 0.5) is 4.79 Å². The Morgan fingerprint density at radius 2 is 2.14 bits per heavy atom. The minimum Gasteiger partial charge on any atom is -0.475 e. The van der Waals surface area contributed by atoms with Gasteiger partial charge in [-0.25, -0.2) is 9.59 Å². The number of carboxylic acids is 1. The SMILES string of the molecule is O=C(O)c1ccc(CNC(=O)N2CC3CCC(O)C3C2)o1. The van der Waals surface area contributed by atoms with Crippen molar-refractivity contribution >= 4 is 12.0 Å². The number of aromatic carboxylic acids is 1. The molecule has 1 aromatic heterocycles. The van der Waals surface area contributed by atoms with Crippen LogP contribution in [0.5, 0.6) is 0 Å². The van der Waals surface area contributed by atoms with Crippen molar-refractivity contribution in [1.29, 1.82) is 0 Å². The van der Waals surface area contributed by atoms with Gasteiger partial charge in [0.2, 0.25) is 5.76 Å². The van der Waals surface area contributed by atoms with Gasteiger partial charge in [-0.05, 0) is 30.9 Å². The Kier molecular flexibility index (Phi) is 3.59. The standard InChI is InChI=1S/C14H18N2O5/c17-11-3-1-8-6-16(7-10(8)11)14(20)15-5-9-2-4-12(21-9)13(18)19/h2,4,8,10-11,17H,1,3,5-7H2,(H,15,20)(H,18,19). The number of rotatable bonds is 3. The number of carbonyl (C=O) groups is 2. The molecule has 1 saturated heterocycles. The van der Waals surface area contributed by atoms with Crippen LogP contribution in [0, 0.1) is 11.8 Å². The molecule has 3 rings (SSSR count). The minimum absolute atomic E-state index is 0.141. The first kappa shape index (κ1) is 13.9. The van der Waals surface area contributed by atoms with E-state index in [4.69, 9.17) is 9.52 Å². The summed E-state index contributed by atoms with van der Waals surface area (Å²) in [5.74, 6) is -0.280. The second-order valence-electron chi connectivity index (χ2n) is 5.70. The van der Waals surface area contributed by atoms with Crippen molar-refractivity contribution in [2.45, 2.75) is 25.5 Å². The molecule has 114 valence electrons. The van der Waals surface area contributed by atoms with Gasteiger partial charge < -0.3 is 24.8 Å². The number of nitrogens with one attached hydrogen (secondary N) is 1. The molecule has 2 heterocycles. The van der Waals surface area contributed by atoms with E-state index >= 15 is 0 Å². The van der Waals surface area contributed by atoms with Crippen LogP contribution in [0.1, 0.15) is 29.2 Å². The average molecular weight is 294 g/mol. The Hall–Kier alpha value is -2.02. The highest BCUT2D eigenvalue weighted by molar-refractivity contribution is 5.84. The summed E-state index contributed by atoms with van der Waals surface area (Å²) >= 11 is 0. The normalized spacial score (nSPS) is 27.7. The zero-order chi connectivity index (χ0) is 15.0. The van der Waals surface area contributed by atoms with Crippen LogP contribution in [0.15, 0.2) is 16.5 Å². The Morgan fingerprint density at radius 3 is 2.81 bits per heavy atom. The summed E-state index contributed by atoms with van der Waals surface area (Å²) in [6.45, 7) is 1.41. The monoisotopic (exact) mass is 294 g/mol. The van der Waals surface area contributed by atoms with Crippen molar-refractivity contribution in [3.8, 4) is 0 Å². The van der Waals surface area contributed by atoms with Crippen molar-refractivity contribution in [2.24, 2.45) is 11.8 Å². The quantitative estimate of drug-likeness (QED) is 0.768. The van der Waals surface area contributed by atoms with Crippen molar-refractivity contribution in [2.75, 3.05) is 13.1 Å². The molecule has 1 aliphatic carbocycles. The molecule has 0 spiro atoms. The van der Waals surface area contributed by atoms with Crippen LogP contribution in [0.2, 0.25) is 0 Å². The molecule has 2 fully saturated rings. The molecule has 3 N–H and O–H groups in total. The molecule has 3 unspecified atom stereocenters. The fourth-order valence-electron chi connectivity index (χ4n) is 3.26. The molecule has 7 heteroatoms. The molecular weight excluding hydrogens is 276 g/mol. The molecule has 7 nitrogen and oxygen atoms in total. The van der Waals surface area contributed by atoms with Crippen molar-refractivity contribution < 1.29 is 24.2 Å². The van der Waals surface area contributed by atoms with Crippen molar-refractivity contribution in [3.63, 3.8) is 0 Å². The molecule has 21 heavy (non-hydrogen) atoms. The third-order valence-electron chi connectivity index (χ3n) is 4.39. The van der Waals surface area contributed by atoms with E-state index in [0.717, 1.165) is 12.8 Å². The fraction of sp³-hybridized carbons (Fsp3) is 0.571. The highest BCUT2D eigenvalue weighted by Crippen LogP contribution is 2.37. The first-order valence-corrected chi connectivity index (χ1v) is 7.07. The largest absolute Gasteiger partial charge is 0.475 e. The number of nitrogens with zero attached hydrogens (tertiary/aromatic N) is 1. The smallest absolute Gasteiger partial charge is 0.371 e. The Labute approximate surface area is 121 Å². The van der Waals surface area contributed by atoms with E-state index < -0.39 is 5.97 Å². The molecule has 2 amide bonds. The van der Waals surface area contributed by atoms with Crippen LogP contribution in [0.3, 0.4) is 0 Å². The number of hydrogen-bond donors (Lipinski definition) is 3. The topological polar surface area (TPSA) is 103 Å². The predicted molar refractivity (Wildman–Crippen MR) is 71.7 cm³/mol. The number of aliphatic hydroxyl groups excluding tert-OH is 1. The van der Waals surface area contributed by atoms with Gasteiger partial charge in [0.25, 0.3) is 0 Å². The Bertz CT molecular complexity index is 555. The average Bonchev–Trinajstić information content (AvgIpc) is 3.13. The lowest BCUT2D eigenvalue weighted by molar-refractivity contribution is 0.0660. The first-order valence-electron chi connectivity index (χ1n) is 7.07. The summed E-state index contributed by atoms with van der Waals surface area (Å²) in [6, 6.07) is 2.69. The van der Waals surface area contributed by atoms with E-state index in [1.807, 2.05) is 0 Å². The molecule has 1 aromatic rings. The van der Waals surface area contributed by atoms with Gasteiger partial charge in [-0.3, -0.25) is 0 Å². The third kappa shape index (κ3) is 2.73. The summed E-state index contributed by atoms with van der Waals surface area (Å²) in [4.78, 5) is 24.5. The summed E-state index contributed by atoms with van der Waals surface area (Å²) in [6.07, 6.45) is 1.50. The second-order valence-corrected chi connectivity index (χ2v) is 5.70. The highest BCUT2D eigenvalue weighted by Gasteiger charge is 2.43. The number of amides is 2. The summed E-state index contributed by atoms with van der Waals surface area (Å²) in [7, 11) is 0. The lowest BCUT2D eigenvalue weighted by Crippen LogP contribution is -2.39. The first-order chi connectivity index (χ1) is 10.0. The minimum atomic E-state index is -1.13. The molecule has 1 aliphatic heterocycles. The number of hydrogen-bond acceptors (Lipinski definition) is 4. The molecule has 0 radical (unpaired) electrons. The number of carbonyl (C=O) groups excluding carboxylic acids is 1. The van der Waals surface area contributed by atoms with Gasteiger partial charge in [-0.1, -0.05) is 0 Å². The number of aliphatic hydroxyl groups is 1. The molecule has 1 saturated carbocycles. The lowest BCUT2D eigenvalue weighted by Gasteiger charge is -2.18. The van der Waals surface area contributed by atoms with E-state index in [9.17, 15) is 14.7 Å². The predicted octanol–water partition coefficient (Wildman–Crippen LogP) is 0.890. The maximum Gasteiger partial charge on any atom is 0.371 e. The Morgan fingerprint density at radius 1 is 1.33 bits per heavy atom. The van der Waals surface area contributed by atoms with E-state index in [0.29, 0.717) is 24.8 Å². The maximum atomic E-state index is 12.1. The number of furan rings is 1. The van der Waals surface area contributed by atoms with Gasteiger partial charge in [0.15, 0.2) is 0 Å². The lowest BCUT2D eigenvalue weighted by atomic mass is 10.00. The van der Waals surface area contributed by atoms with E-state index in [1.165, 1.54) is 12.1 Å². The molecule has 2 aliphatic rings. The highest BCUT2D eigenvalue weighted by atomic mass is 16.4. The molecule has 0 bridgehead atoms. The van der Waals surface area contributed by atoms with Crippen LogP contribution < -0.4 is 5.32 Å². The van der Waals surface area contributed by atoms with E-state index in [-0.39, 0.29) is 30.4 Å². The molecular formula is C14H18N2O5. The maximum absolute atomic E-state index is 12.1. The molecule has 3 atom stereocenters. The zero-order valence-electron chi connectivity index (χ0n) is 11.5. The van der Waals surface area contributed by atoms with Gasteiger partial charge in [0.05, 0.1) is 12.6 Å². The number of fused-ring (bicyclic) bond motifs is 1. The van der Waals surface area contributed by atoms with Crippen LogP contribution in [0.25, 0.3) is 0 Å². The second kappa shape index (κ2) is 5.40.